The third kappa shape index (κ3) is 3.97. The van der Waals surface area contributed by atoms with E-state index in [1.54, 1.807) is 0 Å². The van der Waals surface area contributed by atoms with Crippen LogP contribution in [0, 0.1) is 11.8 Å². The van der Waals surface area contributed by atoms with Crippen molar-refractivity contribution in [1.82, 2.24) is 4.90 Å². The highest BCUT2D eigenvalue weighted by molar-refractivity contribution is 4.70. The molecular weight excluding hydrogens is 174 g/mol. The monoisotopic (exact) mass is 199 g/mol. The lowest BCUT2D eigenvalue weighted by Crippen LogP contribution is -2.30. The minimum Gasteiger partial charge on any atom is -0.396 e. The second-order valence-corrected chi connectivity index (χ2v) is 4.79. The average molecular weight is 199 g/mol. The van der Waals surface area contributed by atoms with Crippen molar-refractivity contribution < 1.29 is 5.11 Å². The summed E-state index contributed by atoms with van der Waals surface area (Å²) in [7, 11) is 0. The van der Waals surface area contributed by atoms with Gasteiger partial charge in [0.2, 0.25) is 0 Å². The zero-order valence-electron chi connectivity index (χ0n) is 9.71. The molecule has 0 radical (unpaired) electrons. The predicted octanol–water partition coefficient (Wildman–Crippen LogP) is 2.13. The van der Waals surface area contributed by atoms with Gasteiger partial charge in [0.05, 0.1) is 0 Å². The molecular formula is C12H25NO. The molecule has 0 aromatic carbocycles. The van der Waals surface area contributed by atoms with Crippen LogP contribution in [0.3, 0.4) is 0 Å². The molecule has 14 heavy (non-hydrogen) atoms. The lowest BCUT2D eigenvalue weighted by atomic mass is 9.98. The normalized spacial score (nSPS) is 27.2. The summed E-state index contributed by atoms with van der Waals surface area (Å²) in [4.78, 5) is 2.52. The first-order chi connectivity index (χ1) is 6.76. The van der Waals surface area contributed by atoms with Crippen LogP contribution in [0.15, 0.2) is 0 Å². The van der Waals surface area contributed by atoms with E-state index in [0.29, 0.717) is 12.5 Å². The Bertz CT molecular complexity index is 149. The summed E-state index contributed by atoms with van der Waals surface area (Å²) in [6, 6.07) is 0. The first-order valence-corrected chi connectivity index (χ1v) is 6.09. The zero-order valence-corrected chi connectivity index (χ0v) is 9.71. The first-order valence-electron chi connectivity index (χ1n) is 6.09. The average Bonchev–Trinajstić information content (AvgIpc) is 2.43. The van der Waals surface area contributed by atoms with E-state index in [0.717, 1.165) is 12.5 Å². The highest BCUT2D eigenvalue weighted by Crippen LogP contribution is 2.20. The summed E-state index contributed by atoms with van der Waals surface area (Å²) in [6.45, 7) is 8.31. The molecule has 0 spiro atoms. The first kappa shape index (κ1) is 12.0. The molecule has 1 fully saturated rings. The van der Waals surface area contributed by atoms with Crippen molar-refractivity contribution in [3.63, 3.8) is 0 Å². The van der Waals surface area contributed by atoms with Crippen molar-refractivity contribution in [3.05, 3.63) is 0 Å². The third-order valence-electron chi connectivity index (χ3n) is 3.40. The fourth-order valence-corrected chi connectivity index (χ4v) is 2.31. The lowest BCUT2D eigenvalue weighted by Gasteiger charge is -2.22. The van der Waals surface area contributed by atoms with Gasteiger partial charge in [-0.05, 0) is 44.2 Å². The van der Waals surface area contributed by atoms with Gasteiger partial charge in [-0.15, -0.1) is 0 Å². The molecule has 1 rings (SSSR count). The van der Waals surface area contributed by atoms with E-state index in [-0.39, 0.29) is 0 Å². The maximum Gasteiger partial charge on any atom is 0.0468 e. The summed E-state index contributed by atoms with van der Waals surface area (Å²) in [5.74, 6) is 1.39. The molecule has 0 saturated carbocycles. The number of nitrogens with zero attached hydrogens (tertiary/aromatic N) is 1. The smallest absolute Gasteiger partial charge is 0.0468 e. The topological polar surface area (TPSA) is 23.5 Å². The predicted molar refractivity (Wildman–Crippen MR) is 60.3 cm³/mol. The molecule has 0 aromatic heterocycles. The second kappa shape index (κ2) is 6.41. The van der Waals surface area contributed by atoms with E-state index in [9.17, 15) is 0 Å². The summed E-state index contributed by atoms with van der Waals surface area (Å²) in [5.41, 5.74) is 0. The van der Waals surface area contributed by atoms with Crippen molar-refractivity contribution in [3.8, 4) is 0 Å². The molecule has 0 bridgehead atoms. The molecule has 0 aliphatic carbocycles. The van der Waals surface area contributed by atoms with Crippen LogP contribution in [-0.4, -0.2) is 36.2 Å². The van der Waals surface area contributed by atoms with Crippen LogP contribution in [0.4, 0.5) is 0 Å². The highest BCUT2D eigenvalue weighted by Gasteiger charge is 2.16. The number of aliphatic hydroxyl groups is 1. The van der Waals surface area contributed by atoms with E-state index in [1.165, 1.54) is 38.8 Å². The van der Waals surface area contributed by atoms with Crippen molar-refractivity contribution >= 4 is 0 Å². The van der Waals surface area contributed by atoms with Crippen LogP contribution < -0.4 is 0 Å². The fourth-order valence-electron chi connectivity index (χ4n) is 2.31. The molecule has 1 aliphatic rings. The van der Waals surface area contributed by atoms with Crippen LogP contribution in [0.25, 0.3) is 0 Å². The molecule has 2 unspecified atom stereocenters. The summed E-state index contributed by atoms with van der Waals surface area (Å²) >= 11 is 0. The molecule has 1 N–H and O–H groups in total. The quantitative estimate of drug-likeness (QED) is 0.749. The minimum atomic E-state index is 0.327. The minimum absolute atomic E-state index is 0.327. The van der Waals surface area contributed by atoms with Crippen molar-refractivity contribution in [2.24, 2.45) is 11.8 Å². The Labute approximate surface area is 88.3 Å². The molecule has 2 atom stereocenters. The van der Waals surface area contributed by atoms with Crippen molar-refractivity contribution in [2.75, 3.05) is 26.2 Å². The number of hydrogen-bond acceptors (Lipinski definition) is 2. The summed E-state index contributed by atoms with van der Waals surface area (Å²) in [6.07, 6.45) is 5.44. The Hall–Kier alpha value is -0.0800. The van der Waals surface area contributed by atoms with Gasteiger partial charge in [0.25, 0.3) is 0 Å². The van der Waals surface area contributed by atoms with Gasteiger partial charge < -0.3 is 10.0 Å². The Morgan fingerprint density at radius 1 is 1.36 bits per heavy atom. The van der Waals surface area contributed by atoms with Gasteiger partial charge in [-0.25, -0.2) is 0 Å². The number of likely N-dealkylation sites (tertiary alicyclic amines) is 1. The maximum atomic E-state index is 9.01. The fraction of sp³-hybridized carbons (Fsp3) is 1.00. The maximum absolute atomic E-state index is 9.01. The van der Waals surface area contributed by atoms with Gasteiger partial charge in [-0.3, -0.25) is 0 Å². The van der Waals surface area contributed by atoms with E-state index in [2.05, 4.69) is 18.7 Å². The van der Waals surface area contributed by atoms with Gasteiger partial charge in [0, 0.05) is 13.2 Å². The molecule has 0 amide bonds. The summed E-state index contributed by atoms with van der Waals surface area (Å²) in [5, 5.41) is 9.01. The van der Waals surface area contributed by atoms with Crippen LogP contribution >= 0.6 is 0 Å². The van der Waals surface area contributed by atoms with Gasteiger partial charge >= 0.3 is 0 Å². The molecule has 1 heterocycles. The Morgan fingerprint density at radius 2 is 2.14 bits per heavy atom. The molecule has 1 aliphatic heterocycles. The zero-order chi connectivity index (χ0) is 10.4. The van der Waals surface area contributed by atoms with Crippen LogP contribution in [0.5, 0.6) is 0 Å². The van der Waals surface area contributed by atoms with Crippen LogP contribution in [0.1, 0.15) is 39.5 Å². The molecule has 2 heteroatoms. The van der Waals surface area contributed by atoms with Gasteiger partial charge in [0.1, 0.15) is 0 Å². The van der Waals surface area contributed by atoms with Crippen LogP contribution in [0.2, 0.25) is 0 Å². The molecule has 2 nitrogen and oxygen atoms in total. The van der Waals surface area contributed by atoms with E-state index >= 15 is 0 Å². The van der Waals surface area contributed by atoms with Crippen molar-refractivity contribution in [1.29, 1.82) is 0 Å². The molecule has 84 valence electrons. The number of aliphatic hydroxyl groups excluding tert-OH is 1. The largest absolute Gasteiger partial charge is 0.396 e. The van der Waals surface area contributed by atoms with Crippen molar-refractivity contribution in [2.45, 2.75) is 39.5 Å². The van der Waals surface area contributed by atoms with Crippen LogP contribution in [-0.2, 0) is 0 Å². The molecule has 1 saturated heterocycles. The Balaban J connectivity index is 2.27. The Morgan fingerprint density at radius 3 is 2.79 bits per heavy atom. The second-order valence-electron chi connectivity index (χ2n) is 4.79. The van der Waals surface area contributed by atoms with Gasteiger partial charge in [0.15, 0.2) is 0 Å². The Kier molecular flexibility index (Phi) is 5.49. The standard InChI is InChI=1S/C12H25NO/c1-3-12-5-4-7-13(8-6-12)9-11(2)10-14/h11-12,14H,3-10H2,1-2H3. The highest BCUT2D eigenvalue weighted by atomic mass is 16.3. The molecule has 0 aromatic rings. The summed E-state index contributed by atoms with van der Waals surface area (Å²) < 4.78 is 0. The van der Waals surface area contributed by atoms with E-state index in [4.69, 9.17) is 5.11 Å². The lowest BCUT2D eigenvalue weighted by molar-refractivity contribution is 0.175. The third-order valence-corrected chi connectivity index (χ3v) is 3.40. The number of rotatable bonds is 4. The van der Waals surface area contributed by atoms with Gasteiger partial charge in [-0.2, -0.15) is 0 Å². The SMILES string of the molecule is CCC1CCCN(CC(C)CO)CC1. The number of hydrogen-bond donors (Lipinski definition) is 1. The van der Waals surface area contributed by atoms with E-state index in [1.807, 2.05) is 0 Å². The van der Waals surface area contributed by atoms with Gasteiger partial charge in [-0.1, -0.05) is 20.3 Å². The van der Waals surface area contributed by atoms with E-state index < -0.39 is 0 Å².